The molecule has 0 aliphatic carbocycles. The van der Waals surface area contributed by atoms with Gasteiger partial charge >= 0.3 is 0 Å². The van der Waals surface area contributed by atoms with Crippen LogP contribution in [0.3, 0.4) is 0 Å². The van der Waals surface area contributed by atoms with Gasteiger partial charge in [0.2, 0.25) is 0 Å². The van der Waals surface area contributed by atoms with Crippen LogP contribution in [0.2, 0.25) is 0 Å². The van der Waals surface area contributed by atoms with E-state index in [1.807, 2.05) is 0 Å². The molecule has 0 radical (unpaired) electrons. The zero-order valence-electron chi connectivity index (χ0n) is 8.92. The van der Waals surface area contributed by atoms with E-state index in [1.165, 1.54) is 0 Å². The van der Waals surface area contributed by atoms with E-state index in [1.54, 1.807) is 7.11 Å². The average Bonchev–Trinajstić information content (AvgIpc) is 2.03. The predicted octanol–water partition coefficient (Wildman–Crippen LogP) is 0.690. The summed E-state index contributed by atoms with van der Waals surface area (Å²) in [5.41, 5.74) is 6.05. The van der Waals surface area contributed by atoms with Crippen molar-refractivity contribution in [2.75, 3.05) is 27.8 Å². The normalized spacial score (nSPS) is 19.2. The molecule has 3 heteroatoms. The number of methoxy groups -OCH3 is 1. The van der Waals surface area contributed by atoms with E-state index in [0.29, 0.717) is 6.61 Å². The molecule has 2 N–H and O–H groups in total. The summed E-state index contributed by atoms with van der Waals surface area (Å²) < 4.78 is 5.05. The number of hydrogen-bond acceptors (Lipinski definition) is 3. The van der Waals surface area contributed by atoms with Crippen molar-refractivity contribution in [2.45, 2.75) is 31.8 Å². The molecule has 0 aliphatic heterocycles. The molecular formula is C9H22N2O. The topological polar surface area (TPSA) is 38.5 Å². The molecule has 2 atom stereocenters. The number of ether oxygens (including phenoxy) is 1. The maximum absolute atomic E-state index is 6.01. The van der Waals surface area contributed by atoms with E-state index >= 15 is 0 Å². The van der Waals surface area contributed by atoms with Crippen molar-refractivity contribution >= 4 is 0 Å². The van der Waals surface area contributed by atoms with Crippen LogP contribution in [0.15, 0.2) is 0 Å². The van der Waals surface area contributed by atoms with Crippen molar-refractivity contribution in [1.82, 2.24) is 4.90 Å². The first-order chi connectivity index (χ1) is 5.49. The van der Waals surface area contributed by atoms with Crippen LogP contribution in [0.25, 0.3) is 0 Å². The minimum absolute atomic E-state index is 0.0377. The number of hydrogen-bond donors (Lipinski definition) is 1. The summed E-state index contributed by atoms with van der Waals surface area (Å²) in [6.07, 6.45) is 1.03. The van der Waals surface area contributed by atoms with Crippen LogP contribution in [-0.2, 0) is 4.74 Å². The largest absolute Gasteiger partial charge is 0.383 e. The molecule has 74 valence electrons. The smallest absolute Gasteiger partial charge is 0.0631 e. The van der Waals surface area contributed by atoms with Gasteiger partial charge in [-0.25, -0.2) is 0 Å². The highest BCUT2D eigenvalue weighted by atomic mass is 16.5. The van der Waals surface area contributed by atoms with Gasteiger partial charge in [0.1, 0.15) is 0 Å². The molecule has 0 aromatic carbocycles. The summed E-state index contributed by atoms with van der Waals surface area (Å²) in [5.74, 6) is 0. The molecule has 3 nitrogen and oxygen atoms in total. The second-order valence-corrected chi connectivity index (χ2v) is 3.67. The molecule has 0 aromatic rings. The Morgan fingerprint density at radius 1 is 1.50 bits per heavy atom. The number of likely N-dealkylation sites (N-methyl/N-ethyl adjacent to an activating group) is 1. The van der Waals surface area contributed by atoms with Gasteiger partial charge in [-0.3, -0.25) is 0 Å². The first kappa shape index (κ1) is 11.9. The molecule has 0 aliphatic rings. The third kappa shape index (κ3) is 2.44. The van der Waals surface area contributed by atoms with Crippen molar-refractivity contribution in [1.29, 1.82) is 0 Å². The van der Waals surface area contributed by atoms with Gasteiger partial charge in [0.15, 0.2) is 0 Å². The van der Waals surface area contributed by atoms with E-state index in [0.717, 1.165) is 6.42 Å². The van der Waals surface area contributed by atoms with Gasteiger partial charge in [0, 0.05) is 18.7 Å². The Morgan fingerprint density at radius 2 is 2.00 bits per heavy atom. The van der Waals surface area contributed by atoms with Gasteiger partial charge in [-0.05, 0) is 27.4 Å². The van der Waals surface area contributed by atoms with Crippen LogP contribution in [-0.4, -0.2) is 44.3 Å². The van der Waals surface area contributed by atoms with E-state index in [9.17, 15) is 0 Å². The molecule has 0 bridgehead atoms. The summed E-state index contributed by atoms with van der Waals surface area (Å²) in [4.78, 5) is 2.16. The third-order valence-electron chi connectivity index (χ3n) is 2.88. The monoisotopic (exact) mass is 174 g/mol. The molecule has 0 saturated carbocycles. The fourth-order valence-corrected chi connectivity index (χ4v) is 1.27. The molecule has 12 heavy (non-hydrogen) atoms. The summed E-state index contributed by atoms with van der Waals surface area (Å²) in [6.45, 7) is 4.93. The summed E-state index contributed by atoms with van der Waals surface area (Å²) in [6, 6.07) is 0.0718. The second kappa shape index (κ2) is 4.80. The highest BCUT2D eigenvalue weighted by Crippen LogP contribution is 2.19. The van der Waals surface area contributed by atoms with Gasteiger partial charge in [0.25, 0.3) is 0 Å². The maximum Gasteiger partial charge on any atom is 0.0631 e. The number of nitrogens with two attached hydrogens (primary N) is 1. The van der Waals surface area contributed by atoms with E-state index in [-0.39, 0.29) is 11.6 Å². The SMILES string of the molecule is CCC(C)(C(N)COC)N(C)C. The van der Waals surface area contributed by atoms with Crippen LogP contribution in [0.1, 0.15) is 20.3 Å². The van der Waals surface area contributed by atoms with Crippen LogP contribution in [0.5, 0.6) is 0 Å². The minimum atomic E-state index is 0.0377. The fraction of sp³-hybridized carbons (Fsp3) is 1.00. The van der Waals surface area contributed by atoms with Crippen LogP contribution >= 0.6 is 0 Å². The zero-order valence-corrected chi connectivity index (χ0v) is 8.92. The van der Waals surface area contributed by atoms with Gasteiger partial charge < -0.3 is 15.4 Å². The Balaban J connectivity index is 4.29. The summed E-state index contributed by atoms with van der Waals surface area (Å²) >= 11 is 0. The van der Waals surface area contributed by atoms with Gasteiger partial charge in [0.05, 0.1) is 6.61 Å². The third-order valence-corrected chi connectivity index (χ3v) is 2.88. The Kier molecular flexibility index (Phi) is 4.75. The number of nitrogens with zero attached hydrogens (tertiary/aromatic N) is 1. The van der Waals surface area contributed by atoms with Crippen molar-refractivity contribution in [3.8, 4) is 0 Å². The quantitative estimate of drug-likeness (QED) is 0.666. The molecule has 0 saturated heterocycles. The lowest BCUT2D eigenvalue weighted by atomic mass is 9.89. The van der Waals surface area contributed by atoms with Crippen molar-refractivity contribution < 1.29 is 4.74 Å². The molecule has 2 unspecified atom stereocenters. The molecule has 0 heterocycles. The zero-order chi connectivity index (χ0) is 9.78. The standard InChI is InChI=1S/C9H22N2O/c1-6-9(2,11(3)4)8(10)7-12-5/h8H,6-7,10H2,1-5H3. The Hall–Kier alpha value is -0.120. The second-order valence-electron chi connectivity index (χ2n) is 3.67. The summed E-state index contributed by atoms with van der Waals surface area (Å²) in [7, 11) is 5.80. The molecule has 0 rings (SSSR count). The van der Waals surface area contributed by atoms with Crippen molar-refractivity contribution in [3.63, 3.8) is 0 Å². The van der Waals surface area contributed by atoms with E-state index < -0.39 is 0 Å². The molecule has 0 spiro atoms. The highest BCUT2D eigenvalue weighted by Gasteiger charge is 2.31. The van der Waals surface area contributed by atoms with Crippen LogP contribution < -0.4 is 5.73 Å². The van der Waals surface area contributed by atoms with Gasteiger partial charge in [-0.2, -0.15) is 0 Å². The van der Waals surface area contributed by atoms with Gasteiger partial charge in [-0.1, -0.05) is 6.92 Å². The van der Waals surface area contributed by atoms with Crippen LogP contribution in [0, 0.1) is 0 Å². The fourth-order valence-electron chi connectivity index (χ4n) is 1.27. The number of rotatable bonds is 5. The minimum Gasteiger partial charge on any atom is -0.383 e. The summed E-state index contributed by atoms with van der Waals surface area (Å²) in [5, 5.41) is 0. The first-order valence-electron chi connectivity index (χ1n) is 4.41. The maximum atomic E-state index is 6.01. The average molecular weight is 174 g/mol. The Bertz CT molecular complexity index is 128. The lowest BCUT2D eigenvalue weighted by molar-refractivity contribution is 0.0748. The molecule has 0 fully saturated rings. The van der Waals surface area contributed by atoms with E-state index in [2.05, 4.69) is 32.8 Å². The van der Waals surface area contributed by atoms with Crippen molar-refractivity contribution in [3.05, 3.63) is 0 Å². The predicted molar refractivity (Wildman–Crippen MR) is 52.2 cm³/mol. The first-order valence-corrected chi connectivity index (χ1v) is 4.41. The molecule has 0 aromatic heterocycles. The molecule has 0 amide bonds. The van der Waals surface area contributed by atoms with Gasteiger partial charge in [-0.15, -0.1) is 0 Å². The van der Waals surface area contributed by atoms with E-state index in [4.69, 9.17) is 10.5 Å². The Labute approximate surface area is 75.9 Å². The lowest BCUT2D eigenvalue weighted by Gasteiger charge is -2.40. The van der Waals surface area contributed by atoms with Crippen LogP contribution in [0.4, 0.5) is 0 Å². The highest BCUT2D eigenvalue weighted by molar-refractivity contribution is 4.91. The van der Waals surface area contributed by atoms with Crippen molar-refractivity contribution in [2.24, 2.45) is 5.73 Å². The lowest BCUT2D eigenvalue weighted by Crippen LogP contribution is -2.56. The molecular weight excluding hydrogens is 152 g/mol. The Morgan fingerprint density at radius 3 is 2.25 bits per heavy atom.